The van der Waals surface area contributed by atoms with Crippen molar-refractivity contribution in [2.75, 3.05) is 0 Å². The Kier molecular flexibility index (Phi) is 2.90. The molecule has 3 aromatic rings. The largest absolute Gasteiger partial charge is 0.354 e. The van der Waals surface area contributed by atoms with Crippen molar-refractivity contribution in [3.05, 3.63) is 59.2 Å². The van der Waals surface area contributed by atoms with Crippen LogP contribution in [0, 0.1) is 13.8 Å². The number of nitrogens with one attached hydrogen (secondary N) is 1. The molecule has 1 aromatic heterocycles. The van der Waals surface area contributed by atoms with Crippen LogP contribution in [0.3, 0.4) is 0 Å². The van der Waals surface area contributed by atoms with Gasteiger partial charge in [-0.3, -0.25) is 0 Å². The fourth-order valence-electron chi connectivity index (χ4n) is 2.69. The van der Waals surface area contributed by atoms with E-state index in [1.54, 1.807) is 0 Å². The fourth-order valence-corrected chi connectivity index (χ4v) is 2.69. The third kappa shape index (κ3) is 2.17. The first-order chi connectivity index (χ1) is 9.17. The van der Waals surface area contributed by atoms with Crippen molar-refractivity contribution in [1.82, 2.24) is 4.98 Å². The first kappa shape index (κ1) is 12.0. The molecule has 0 unspecified atom stereocenters. The Morgan fingerprint density at radius 1 is 0.947 bits per heavy atom. The van der Waals surface area contributed by atoms with Gasteiger partial charge in [0, 0.05) is 16.6 Å². The van der Waals surface area contributed by atoms with E-state index in [9.17, 15) is 0 Å². The summed E-state index contributed by atoms with van der Waals surface area (Å²) in [4.78, 5) is 3.54. The lowest BCUT2D eigenvalue weighted by molar-refractivity contribution is 1.14. The summed E-state index contributed by atoms with van der Waals surface area (Å²) in [5.41, 5.74) is 7.71. The first-order valence-corrected chi connectivity index (χ1v) is 6.86. The maximum absolute atomic E-state index is 3.54. The summed E-state index contributed by atoms with van der Waals surface area (Å²) in [5, 5.41) is 1.30. The van der Waals surface area contributed by atoms with Gasteiger partial charge in [-0.15, -0.1) is 0 Å². The van der Waals surface area contributed by atoms with Crippen LogP contribution in [0.25, 0.3) is 22.2 Å². The fraction of sp³-hybridized carbons (Fsp3) is 0.222. The van der Waals surface area contributed by atoms with Crippen LogP contribution in [-0.2, 0) is 6.42 Å². The zero-order valence-electron chi connectivity index (χ0n) is 11.7. The Morgan fingerprint density at radius 2 is 1.68 bits per heavy atom. The molecule has 3 rings (SSSR count). The van der Waals surface area contributed by atoms with Gasteiger partial charge in [0.25, 0.3) is 0 Å². The van der Waals surface area contributed by atoms with Crippen LogP contribution >= 0.6 is 0 Å². The van der Waals surface area contributed by atoms with Gasteiger partial charge in [0.1, 0.15) is 0 Å². The maximum Gasteiger partial charge on any atom is 0.0488 e. The molecule has 1 nitrogen and oxygen atoms in total. The molecule has 0 amide bonds. The Bertz CT molecular complexity index is 717. The van der Waals surface area contributed by atoms with Crippen LogP contribution < -0.4 is 0 Å². The maximum atomic E-state index is 3.54. The van der Waals surface area contributed by atoms with E-state index in [0.717, 1.165) is 6.42 Å². The second kappa shape index (κ2) is 4.58. The second-order valence-electron chi connectivity index (χ2n) is 5.28. The van der Waals surface area contributed by atoms with Gasteiger partial charge in [-0.05, 0) is 49.1 Å². The smallest absolute Gasteiger partial charge is 0.0488 e. The van der Waals surface area contributed by atoms with Gasteiger partial charge >= 0.3 is 0 Å². The van der Waals surface area contributed by atoms with Gasteiger partial charge in [0.15, 0.2) is 0 Å². The molecule has 0 aliphatic rings. The molecule has 0 saturated heterocycles. The van der Waals surface area contributed by atoms with Crippen LogP contribution in [0.2, 0.25) is 0 Å². The molecule has 0 saturated carbocycles. The van der Waals surface area contributed by atoms with E-state index in [-0.39, 0.29) is 0 Å². The van der Waals surface area contributed by atoms with Crippen LogP contribution in [0.5, 0.6) is 0 Å². The second-order valence-corrected chi connectivity index (χ2v) is 5.28. The minimum absolute atomic E-state index is 1.09. The number of aromatic nitrogens is 1. The SMILES string of the molecule is CCc1ccc(-c2cc3cc(C)cc(C)c3[nH]2)cc1. The van der Waals surface area contributed by atoms with Crippen molar-refractivity contribution in [2.45, 2.75) is 27.2 Å². The van der Waals surface area contributed by atoms with Gasteiger partial charge in [-0.2, -0.15) is 0 Å². The highest BCUT2D eigenvalue weighted by Crippen LogP contribution is 2.27. The number of aryl methyl sites for hydroxylation is 3. The van der Waals surface area contributed by atoms with Crippen molar-refractivity contribution >= 4 is 10.9 Å². The average molecular weight is 249 g/mol. The molecule has 0 spiro atoms. The van der Waals surface area contributed by atoms with Gasteiger partial charge in [0.2, 0.25) is 0 Å². The minimum Gasteiger partial charge on any atom is -0.354 e. The predicted molar refractivity (Wildman–Crippen MR) is 82.6 cm³/mol. The molecule has 0 radical (unpaired) electrons. The highest BCUT2D eigenvalue weighted by Gasteiger charge is 2.06. The zero-order valence-corrected chi connectivity index (χ0v) is 11.7. The highest BCUT2D eigenvalue weighted by atomic mass is 14.7. The normalized spacial score (nSPS) is 11.1. The molecule has 1 heteroatoms. The number of benzene rings is 2. The van der Waals surface area contributed by atoms with Crippen molar-refractivity contribution in [2.24, 2.45) is 0 Å². The van der Waals surface area contributed by atoms with Crippen LogP contribution in [-0.4, -0.2) is 4.98 Å². The topological polar surface area (TPSA) is 15.8 Å². The summed E-state index contributed by atoms with van der Waals surface area (Å²) in [5.74, 6) is 0. The number of H-pyrrole nitrogens is 1. The van der Waals surface area contributed by atoms with Gasteiger partial charge in [-0.25, -0.2) is 0 Å². The summed E-state index contributed by atoms with van der Waals surface area (Å²) >= 11 is 0. The van der Waals surface area contributed by atoms with Crippen molar-refractivity contribution in [3.8, 4) is 11.3 Å². The average Bonchev–Trinajstić information content (AvgIpc) is 2.83. The third-order valence-electron chi connectivity index (χ3n) is 3.74. The van der Waals surface area contributed by atoms with E-state index >= 15 is 0 Å². The zero-order chi connectivity index (χ0) is 13.4. The molecule has 2 aromatic carbocycles. The number of hydrogen-bond acceptors (Lipinski definition) is 0. The van der Waals surface area contributed by atoms with Crippen LogP contribution in [0.4, 0.5) is 0 Å². The number of hydrogen-bond donors (Lipinski definition) is 1. The van der Waals surface area contributed by atoms with E-state index in [2.05, 4.69) is 68.2 Å². The quantitative estimate of drug-likeness (QED) is 0.656. The van der Waals surface area contributed by atoms with Gasteiger partial charge in [0.05, 0.1) is 0 Å². The lowest BCUT2D eigenvalue weighted by Crippen LogP contribution is -1.82. The van der Waals surface area contributed by atoms with E-state index in [1.165, 1.54) is 38.9 Å². The summed E-state index contributed by atoms with van der Waals surface area (Å²) < 4.78 is 0. The van der Waals surface area contributed by atoms with Crippen molar-refractivity contribution < 1.29 is 0 Å². The van der Waals surface area contributed by atoms with Gasteiger partial charge in [-0.1, -0.05) is 42.8 Å². The molecule has 96 valence electrons. The molecule has 0 aliphatic heterocycles. The molecule has 0 atom stereocenters. The summed E-state index contributed by atoms with van der Waals surface area (Å²) in [7, 11) is 0. The first-order valence-electron chi connectivity index (χ1n) is 6.86. The van der Waals surface area contributed by atoms with E-state index in [0.29, 0.717) is 0 Å². The Balaban J connectivity index is 2.12. The Labute approximate surface area is 114 Å². The molecule has 0 bridgehead atoms. The number of fused-ring (bicyclic) bond motifs is 1. The minimum atomic E-state index is 1.09. The van der Waals surface area contributed by atoms with E-state index < -0.39 is 0 Å². The van der Waals surface area contributed by atoms with Crippen molar-refractivity contribution in [1.29, 1.82) is 0 Å². The van der Waals surface area contributed by atoms with Crippen LogP contribution in [0.15, 0.2) is 42.5 Å². The van der Waals surface area contributed by atoms with E-state index in [4.69, 9.17) is 0 Å². The number of aromatic amines is 1. The Hall–Kier alpha value is -2.02. The molecular weight excluding hydrogens is 230 g/mol. The monoisotopic (exact) mass is 249 g/mol. The standard InChI is InChI=1S/C18H19N/c1-4-14-5-7-15(8-6-14)17-11-16-10-12(2)9-13(3)18(16)19-17/h5-11,19H,4H2,1-3H3. The lowest BCUT2D eigenvalue weighted by Gasteiger charge is -2.00. The van der Waals surface area contributed by atoms with E-state index in [1.807, 2.05) is 0 Å². The summed E-state index contributed by atoms with van der Waals surface area (Å²) in [6.07, 6.45) is 1.09. The van der Waals surface area contributed by atoms with Crippen LogP contribution in [0.1, 0.15) is 23.6 Å². The predicted octanol–water partition coefficient (Wildman–Crippen LogP) is 5.01. The molecule has 0 fully saturated rings. The Morgan fingerprint density at radius 3 is 2.37 bits per heavy atom. The molecule has 1 heterocycles. The summed E-state index contributed by atoms with van der Waals surface area (Å²) in [6.45, 7) is 6.50. The van der Waals surface area contributed by atoms with Crippen molar-refractivity contribution in [3.63, 3.8) is 0 Å². The molecule has 1 N–H and O–H groups in total. The van der Waals surface area contributed by atoms with Gasteiger partial charge < -0.3 is 4.98 Å². The molecule has 19 heavy (non-hydrogen) atoms. The summed E-state index contributed by atoms with van der Waals surface area (Å²) in [6, 6.07) is 15.5. The highest BCUT2D eigenvalue weighted by molar-refractivity contribution is 5.88. The molecule has 0 aliphatic carbocycles. The lowest BCUT2D eigenvalue weighted by atomic mass is 10.1. The number of rotatable bonds is 2. The molecular formula is C18H19N. The third-order valence-corrected chi connectivity index (χ3v) is 3.74.